The minimum atomic E-state index is -4.09. The second-order valence-electron chi connectivity index (χ2n) is 7.04. The summed E-state index contributed by atoms with van der Waals surface area (Å²) in [6, 6.07) is 2.43. The number of ether oxygens (including phenoxy) is 1. The van der Waals surface area contributed by atoms with E-state index in [9.17, 15) is 22.8 Å². The van der Waals surface area contributed by atoms with Crippen molar-refractivity contribution >= 4 is 50.8 Å². The molecule has 2 N–H and O–H groups in total. The minimum absolute atomic E-state index is 0.0422. The Bertz CT molecular complexity index is 1160. The van der Waals surface area contributed by atoms with Crippen LogP contribution in [0.5, 0.6) is 0 Å². The molecule has 1 aromatic carbocycles. The molecule has 2 aromatic rings. The van der Waals surface area contributed by atoms with Crippen LogP contribution >= 0.6 is 23.2 Å². The Hall–Kier alpha value is -2.20. The molecule has 11 heteroatoms. The predicted octanol–water partition coefficient (Wildman–Crippen LogP) is 3.62. The molecule has 0 aliphatic carbocycles. The number of halogens is 2. The molecule has 0 aliphatic heterocycles. The highest BCUT2D eigenvalue weighted by Crippen LogP contribution is 2.25. The van der Waals surface area contributed by atoms with Gasteiger partial charge in [0.2, 0.25) is 15.8 Å². The monoisotopic (exact) mass is 488 g/mol. The number of hydrogen-bond donors (Lipinski definition) is 2. The molecule has 0 bridgehead atoms. The summed E-state index contributed by atoms with van der Waals surface area (Å²) < 4.78 is 32.3. The van der Waals surface area contributed by atoms with Gasteiger partial charge in [0.05, 0.1) is 20.6 Å². The summed E-state index contributed by atoms with van der Waals surface area (Å²) in [6.07, 6.45) is -1.21. The molecule has 0 aliphatic rings. The Morgan fingerprint density at radius 3 is 2.23 bits per heavy atom. The average Bonchev–Trinajstić information content (AvgIpc) is 2.96. The summed E-state index contributed by atoms with van der Waals surface area (Å²) >= 11 is 11.6. The van der Waals surface area contributed by atoms with Gasteiger partial charge in [-0.3, -0.25) is 14.4 Å². The lowest BCUT2D eigenvalue weighted by Gasteiger charge is -2.17. The van der Waals surface area contributed by atoms with Crippen LogP contribution in [0.3, 0.4) is 0 Å². The van der Waals surface area contributed by atoms with E-state index in [2.05, 4.69) is 9.71 Å². The smallest absolute Gasteiger partial charge is 0.324 e. The normalized spacial score (nSPS) is 13.5. The number of aromatic nitrogens is 1. The molecule has 0 fully saturated rings. The Morgan fingerprint density at radius 2 is 1.71 bits per heavy atom. The summed E-state index contributed by atoms with van der Waals surface area (Å²) in [5.41, 5.74) is 1.57. The fraction of sp³-hybridized carbons (Fsp3) is 0.350. The largest absolute Gasteiger partial charge is 0.453 e. The van der Waals surface area contributed by atoms with Crippen LogP contribution in [0.2, 0.25) is 10.0 Å². The Kier molecular flexibility index (Phi) is 7.70. The van der Waals surface area contributed by atoms with Gasteiger partial charge < -0.3 is 9.72 Å². The first-order chi connectivity index (χ1) is 14.3. The highest BCUT2D eigenvalue weighted by Gasteiger charge is 2.29. The molecule has 8 nitrogen and oxygen atoms in total. The maximum atomic E-state index is 12.7. The number of aromatic amines is 1. The number of nitrogens with one attached hydrogen (secondary N) is 2. The van der Waals surface area contributed by atoms with Crippen LogP contribution in [-0.4, -0.2) is 43.1 Å². The first kappa shape index (κ1) is 25.1. The zero-order chi connectivity index (χ0) is 23.7. The number of carbonyl (C=O) groups excluding carboxylic acids is 3. The first-order valence-corrected chi connectivity index (χ1v) is 11.4. The Balaban J connectivity index is 2.12. The minimum Gasteiger partial charge on any atom is -0.453 e. The van der Waals surface area contributed by atoms with Crippen LogP contribution in [0.4, 0.5) is 0 Å². The number of H-pyrrole nitrogens is 1. The second-order valence-corrected chi connectivity index (χ2v) is 9.57. The van der Waals surface area contributed by atoms with Gasteiger partial charge in [0.25, 0.3) is 0 Å². The average molecular weight is 489 g/mol. The number of esters is 1. The molecule has 1 aromatic heterocycles. The van der Waals surface area contributed by atoms with E-state index in [4.69, 9.17) is 27.9 Å². The van der Waals surface area contributed by atoms with Crippen LogP contribution in [0.1, 0.15) is 52.9 Å². The second kappa shape index (κ2) is 9.52. The number of hydrogen-bond acceptors (Lipinski definition) is 6. The highest BCUT2D eigenvalue weighted by molar-refractivity contribution is 7.89. The number of rotatable bonds is 8. The molecule has 0 unspecified atom stereocenters. The molecule has 31 heavy (non-hydrogen) atoms. The summed E-state index contributed by atoms with van der Waals surface area (Å²) in [5.74, 6) is -1.68. The van der Waals surface area contributed by atoms with Crippen molar-refractivity contribution in [3.05, 3.63) is 50.8 Å². The van der Waals surface area contributed by atoms with Crippen molar-refractivity contribution in [3.63, 3.8) is 0 Å². The van der Waals surface area contributed by atoms with Crippen LogP contribution in [0.25, 0.3) is 0 Å². The molecule has 2 rings (SSSR count). The number of ketones is 2. The van der Waals surface area contributed by atoms with E-state index >= 15 is 0 Å². The van der Waals surface area contributed by atoms with Gasteiger partial charge in [0, 0.05) is 11.3 Å². The van der Waals surface area contributed by atoms with Crippen molar-refractivity contribution in [1.82, 2.24) is 9.71 Å². The standard InChI is InChI=1S/C20H22Cl2N2O6S/c1-9-17(12(4)25)10(2)23-18(9)19(26)13(5)30-20(27)11(3)24-31(28,29)14-6-7-15(21)16(22)8-14/h6-8,11,13,23-24H,1-5H3/t11-,13+/m1/s1. The van der Waals surface area contributed by atoms with Crippen molar-refractivity contribution in [1.29, 1.82) is 0 Å². The number of aryl methyl sites for hydroxylation is 1. The van der Waals surface area contributed by atoms with Crippen molar-refractivity contribution in [2.75, 3.05) is 0 Å². The Labute approximate surface area is 190 Å². The zero-order valence-electron chi connectivity index (χ0n) is 17.5. The molecule has 168 valence electrons. The first-order valence-electron chi connectivity index (χ1n) is 9.18. The topological polar surface area (TPSA) is 122 Å². The Morgan fingerprint density at radius 1 is 1.10 bits per heavy atom. The lowest BCUT2D eigenvalue weighted by Crippen LogP contribution is -2.41. The molecular formula is C20H22Cl2N2O6S. The third-order valence-electron chi connectivity index (χ3n) is 4.58. The highest BCUT2D eigenvalue weighted by atomic mass is 35.5. The van der Waals surface area contributed by atoms with Gasteiger partial charge >= 0.3 is 5.97 Å². The van der Waals surface area contributed by atoms with Crippen molar-refractivity contribution in [3.8, 4) is 0 Å². The SMILES string of the molecule is CC(=O)c1c(C)[nH]c(C(=O)[C@H](C)OC(=O)[C@@H](C)NS(=O)(=O)c2ccc(Cl)c(Cl)c2)c1C. The molecule has 0 saturated carbocycles. The third kappa shape index (κ3) is 5.54. The summed E-state index contributed by atoms with van der Waals surface area (Å²) in [6.45, 7) is 7.32. The van der Waals surface area contributed by atoms with E-state index in [1.807, 2.05) is 0 Å². The van der Waals surface area contributed by atoms with E-state index < -0.39 is 33.9 Å². The van der Waals surface area contributed by atoms with Gasteiger partial charge in [-0.1, -0.05) is 23.2 Å². The lowest BCUT2D eigenvalue weighted by atomic mass is 10.0. The van der Waals surface area contributed by atoms with E-state index in [0.717, 1.165) is 6.07 Å². The van der Waals surface area contributed by atoms with E-state index in [1.165, 1.54) is 32.9 Å². The predicted molar refractivity (Wildman–Crippen MR) is 116 cm³/mol. The number of benzene rings is 1. The van der Waals surface area contributed by atoms with Gasteiger partial charge in [-0.15, -0.1) is 0 Å². The molecule has 0 saturated heterocycles. The van der Waals surface area contributed by atoms with Crippen molar-refractivity contribution in [2.24, 2.45) is 0 Å². The maximum Gasteiger partial charge on any atom is 0.324 e. The van der Waals surface area contributed by atoms with Crippen LogP contribution in [0.15, 0.2) is 23.1 Å². The van der Waals surface area contributed by atoms with Gasteiger partial charge in [-0.2, -0.15) is 4.72 Å². The summed E-state index contributed by atoms with van der Waals surface area (Å²) in [5, 5.41) is 0.226. The summed E-state index contributed by atoms with van der Waals surface area (Å²) in [7, 11) is -4.09. The molecular weight excluding hydrogens is 467 g/mol. The summed E-state index contributed by atoms with van der Waals surface area (Å²) in [4.78, 5) is 39.5. The van der Waals surface area contributed by atoms with Crippen LogP contribution in [0, 0.1) is 13.8 Å². The van der Waals surface area contributed by atoms with Gasteiger partial charge in [0.1, 0.15) is 6.04 Å². The number of sulfonamides is 1. The fourth-order valence-electron chi connectivity index (χ4n) is 3.05. The van der Waals surface area contributed by atoms with E-state index in [-0.39, 0.29) is 26.4 Å². The molecule has 2 atom stereocenters. The van der Waals surface area contributed by atoms with E-state index in [0.29, 0.717) is 16.8 Å². The third-order valence-corrected chi connectivity index (χ3v) is 6.86. The molecule has 0 spiro atoms. The molecule has 0 amide bonds. The van der Waals surface area contributed by atoms with Crippen molar-refractivity contribution < 1.29 is 27.5 Å². The quantitative estimate of drug-likeness (QED) is 0.432. The number of Topliss-reactive ketones (excluding diaryl/α,β-unsaturated/α-hetero) is 2. The van der Waals surface area contributed by atoms with Gasteiger partial charge in [0.15, 0.2) is 11.9 Å². The van der Waals surface area contributed by atoms with Crippen molar-refractivity contribution in [2.45, 2.75) is 51.7 Å². The van der Waals surface area contributed by atoms with Crippen LogP contribution in [-0.2, 0) is 19.6 Å². The fourth-order valence-corrected chi connectivity index (χ4v) is 4.63. The maximum absolute atomic E-state index is 12.7. The molecule has 1 heterocycles. The lowest BCUT2D eigenvalue weighted by molar-refractivity contribution is -0.147. The zero-order valence-corrected chi connectivity index (χ0v) is 19.8. The van der Waals surface area contributed by atoms with Gasteiger partial charge in [-0.05, 0) is 58.4 Å². The number of carbonyl (C=O) groups is 3. The molecule has 0 radical (unpaired) electrons. The van der Waals surface area contributed by atoms with Crippen LogP contribution < -0.4 is 4.72 Å². The van der Waals surface area contributed by atoms with E-state index in [1.54, 1.807) is 13.8 Å². The van der Waals surface area contributed by atoms with Gasteiger partial charge in [-0.25, -0.2) is 8.42 Å².